The highest BCUT2D eigenvalue weighted by molar-refractivity contribution is 7.98. The highest BCUT2D eigenvalue weighted by atomic mass is 32.2. The Bertz CT molecular complexity index is 1350. The van der Waals surface area contributed by atoms with E-state index in [-0.39, 0.29) is 11.0 Å². The highest BCUT2D eigenvalue weighted by Gasteiger charge is 2.24. The van der Waals surface area contributed by atoms with Crippen molar-refractivity contribution in [2.45, 2.75) is 75.4 Å². The van der Waals surface area contributed by atoms with E-state index in [1.54, 1.807) is 12.1 Å². The SMILES string of the molecule is CC(C)(C)c1ccc(-c2nnc(SCn3nnc4ccccc4c3=O)n2C2CCCCC2)cc1. The van der Waals surface area contributed by atoms with Crippen LogP contribution in [0.25, 0.3) is 22.3 Å². The monoisotopic (exact) mass is 474 g/mol. The zero-order valence-corrected chi connectivity index (χ0v) is 20.8. The average molecular weight is 475 g/mol. The molecule has 0 saturated heterocycles. The fraction of sp³-hybridized carbons (Fsp3) is 0.423. The summed E-state index contributed by atoms with van der Waals surface area (Å²) in [6, 6.07) is 16.3. The van der Waals surface area contributed by atoms with Crippen molar-refractivity contribution in [3.8, 4) is 11.4 Å². The van der Waals surface area contributed by atoms with Gasteiger partial charge in [0.15, 0.2) is 11.0 Å². The van der Waals surface area contributed by atoms with Crippen molar-refractivity contribution in [3.63, 3.8) is 0 Å². The van der Waals surface area contributed by atoms with Crippen molar-refractivity contribution in [3.05, 3.63) is 64.4 Å². The maximum Gasteiger partial charge on any atom is 0.278 e. The first-order valence-corrected chi connectivity index (χ1v) is 12.9. The van der Waals surface area contributed by atoms with Crippen LogP contribution in [0.5, 0.6) is 0 Å². The molecule has 0 N–H and O–H groups in total. The second kappa shape index (κ2) is 9.33. The van der Waals surface area contributed by atoms with E-state index in [2.05, 4.69) is 70.1 Å². The minimum absolute atomic E-state index is 0.102. The van der Waals surface area contributed by atoms with Crippen LogP contribution in [0.1, 0.15) is 64.5 Å². The molecular formula is C26H30N6OS. The van der Waals surface area contributed by atoms with Crippen LogP contribution in [-0.4, -0.2) is 29.8 Å². The molecule has 176 valence electrons. The topological polar surface area (TPSA) is 78.5 Å². The van der Waals surface area contributed by atoms with E-state index in [9.17, 15) is 4.79 Å². The number of rotatable bonds is 5. The van der Waals surface area contributed by atoms with Gasteiger partial charge in [-0.3, -0.25) is 9.36 Å². The molecule has 4 aromatic rings. The van der Waals surface area contributed by atoms with Gasteiger partial charge in [-0.2, -0.15) is 4.68 Å². The minimum atomic E-state index is -0.139. The first-order chi connectivity index (χ1) is 16.4. The first kappa shape index (κ1) is 22.8. The first-order valence-electron chi connectivity index (χ1n) is 11.9. The number of fused-ring (bicyclic) bond motifs is 1. The summed E-state index contributed by atoms with van der Waals surface area (Å²) in [6.07, 6.45) is 5.94. The summed E-state index contributed by atoms with van der Waals surface area (Å²) in [7, 11) is 0. The Labute approximate surface area is 203 Å². The summed E-state index contributed by atoms with van der Waals surface area (Å²) in [5.74, 6) is 1.23. The lowest BCUT2D eigenvalue weighted by Gasteiger charge is -2.26. The predicted molar refractivity (Wildman–Crippen MR) is 136 cm³/mol. The summed E-state index contributed by atoms with van der Waals surface area (Å²) < 4.78 is 3.69. The van der Waals surface area contributed by atoms with Crippen molar-refractivity contribution in [1.29, 1.82) is 0 Å². The Hall–Kier alpha value is -3.00. The normalized spacial score (nSPS) is 15.1. The van der Waals surface area contributed by atoms with Crippen molar-refractivity contribution in [1.82, 2.24) is 29.8 Å². The standard InChI is InChI=1S/C26H30N6OS/c1-26(2,3)19-15-13-18(14-16-19)23-28-29-25(32(23)20-9-5-4-6-10-20)34-17-31-24(33)21-11-7-8-12-22(21)27-30-31/h7-8,11-16,20H,4-6,9-10,17H2,1-3H3. The molecular weight excluding hydrogens is 444 g/mol. The van der Waals surface area contributed by atoms with E-state index in [1.807, 2.05) is 12.1 Å². The summed E-state index contributed by atoms with van der Waals surface area (Å²) in [5, 5.41) is 18.9. The Kier molecular flexibility index (Phi) is 6.25. The third kappa shape index (κ3) is 4.51. The minimum Gasteiger partial charge on any atom is -0.299 e. The average Bonchev–Trinajstić information content (AvgIpc) is 3.28. The molecule has 1 aliphatic carbocycles. The van der Waals surface area contributed by atoms with Crippen LogP contribution in [-0.2, 0) is 11.3 Å². The molecule has 7 nitrogen and oxygen atoms in total. The molecule has 2 aromatic carbocycles. The van der Waals surface area contributed by atoms with E-state index in [0.717, 1.165) is 29.4 Å². The molecule has 34 heavy (non-hydrogen) atoms. The number of aromatic nitrogens is 6. The van der Waals surface area contributed by atoms with Gasteiger partial charge in [-0.1, -0.05) is 93.4 Å². The molecule has 1 fully saturated rings. The number of hydrogen-bond donors (Lipinski definition) is 0. The van der Waals surface area contributed by atoms with Crippen LogP contribution >= 0.6 is 11.8 Å². The van der Waals surface area contributed by atoms with Gasteiger partial charge in [-0.25, -0.2) is 0 Å². The van der Waals surface area contributed by atoms with Crippen molar-refractivity contribution in [2.75, 3.05) is 0 Å². The van der Waals surface area contributed by atoms with Gasteiger partial charge in [-0.05, 0) is 36.0 Å². The maximum atomic E-state index is 12.9. The van der Waals surface area contributed by atoms with Crippen LogP contribution in [0.15, 0.2) is 58.5 Å². The van der Waals surface area contributed by atoms with Gasteiger partial charge in [0.2, 0.25) is 0 Å². The number of benzene rings is 2. The smallest absolute Gasteiger partial charge is 0.278 e. The quantitative estimate of drug-likeness (QED) is 0.350. The second-order valence-electron chi connectivity index (χ2n) is 9.98. The fourth-order valence-electron chi connectivity index (χ4n) is 4.59. The number of nitrogens with zero attached hydrogens (tertiary/aromatic N) is 6. The lowest BCUT2D eigenvalue weighted by Crippen LogP contribution is -2.23. The van der Waals surface area contributed by atoms with E-state index in [0.29, 0.717) is 22.8 Å². The predicted octanol–water partition coefficient (Wildman–Crippen LogP) is 5.60. The summed E-state index contributed by atoms with van der Waals surface area (Å²) in [6.45, 7) is 6.66. The van der Waals surface area contributed by atoms with Gasteiger partial charge in [0.05, 0.1) is 11.3 Å². The maximum absolute atomic E-state index is 12.9. The van der Waals surface area contributed by atoms with Crippen LogP contribution in [0.2, 0.25) is 0 Å². The lowest BCUT2D eigenvalue weighted by molar-refractivity contribution is 0.339. The molecule has 0 atom stereocenters. The molecule has 0 aliphatic heterocycles. The van der Waals surface area contributed by atoms with Gasteiger partial charge >= 0.3 is 0 Å². The van der Waals surface area contributed by atoms with Crippen molar-refractivity contribution < 1.29 is 0 Å². The zero-order valence-electron chi connectivity index (χ0n) is 19.9. The van der Waals surface area contributed by atoms with E-state index >= 15 is 0 Å². The molecule has 1 saturated carbocycles. The number of thioether (sulfide) groups is 1. The van der Waals surface area contributed by atoms with Crippen LogP contribution in [0, 0.1) is 0 Å². The van der Waals surface area contributed by atoms with Gasteiger partial charge in [0.25, 0.3) is 5.56 Å². The van der Waals surface area contributed by atoms with Crippen molar-refractivity contribution in [2.24, 2.45) is 0 Å². The summed E-state index contributed by atoms with van der Waals surface area (Å²) >= 11 is 1.49. The zero-order chi connectivity index (χ0) is 23.7. The van der Waals surface area contributed by atoms with Crippen LogP contribution in [0.3, 0.4) is 0 Å². The highest BCUT2D eigenvalue weighted by Crippen LogP contribution is 2.36. The summed E-state index contributed by atoms with van der Waals surface area (Å²) in [5.41, 5.74) is 2.94. The Morgan fingerprint density at radius 1 is 0.941 bits per heavy atom. The molecule has 2 aromatic heterocycles. The Morgan fingerprint density at radius 2 is 1.68 bits per heavy atom. The molecule has 0 radical (unpaired) electrons. The lowest BCUT2D eigenvalue weighted by atomic mass is 9.86. The van der Waals surface area contributed by atoms with E-state index < -0.39 is 0 Å². The molecule has 0 unspecified atom stereocenters. The Morgan fingerprint density at radius 3 is 2.41 bits per heavy atom. The van der Waals surface area contributed by atoms with Crippen LogP contribution in [0.4, 0.5) is 0 Å². The largest absolute Gasteiger partial charge is 0.299 e. The van der Waals surface area contributed by atoms with E-state index in [4.69, 9.17) is 0 Å². The van der Waals surface area contributed by atoms with Gasteiger partial charge < -0.3 is 0 Å². The molecule has 0 bridgehead atoms. The molecule has 1 aliphatic rings. The Balaban J connectivity index is 1.47. The number of hydrogen-bond acceptors (Lipinski definition) is 6. The molecule has 5 rings (SSSR count). The third-order valence-corrected chi connectivity index (χ3v) is 7.47. The fourth-order valence-corrected chi connectivity index (χ4v) is 5.47. The summed E-state index contributed by atoms with van der Waals surface area (Å²) in [4.78, 5) is 12.9. The van der Waals surface area contributed by atoms with Gasteiger partial charge in [0, 0.05) is 11.6 Å². The molecule has 2 heterocycles. The van der Waals surface area contributed by atoms with Gasteiger partial charge in [0.1, 0.15) is 5.52 Å². The van der Waals surface area contributed by atoms with E-state index in [1.165, 1.54) is 41.3 Å². The molecule has 0 spiro atoms. The van der Waals surface area contributed by atoms with Crippen molar-refractivity contribution >= 4 is 22.7 Å². The molecule has 8 heteroatoms. The second-order valence-corrected chi connectivity index (χ2v) is 10.9. The third-order valence-electron chi connectivity index (χ3n) is 6.56. The molecule has 0 amide bonds. The van der Waals surface area contributed by atoms with Gasteiger partial charge in [-0.15, -0.1) is 15.3 Å². The van der Waals surface area contributed by atoms with Crippen LogP contribution < -0.4 is 5.56 Å².